The van der Waals surface area contributed by atoms with E-state index in [9.17, 15) is 9.90 Å². The zero-order chi connectivity index (χ0) is 12.5. The molecule has 0 aliphatic carbocycles. The number of aliphatic hydroxyl groups is 1. The van der Waals surface area contributed by atoms with Gasteiger partial charge in [0.2, 0.25) is 0 Å². The maximum atomic E-state index is 12.1. The second-order valence-corrected chi connectivity index (χ2v) is 4.70. The molecule has 2 heterocycles. The summed E-state index contributed by atoms with van der Waals surface area (Å²) in [6.07, 6.45) is 3.80. The van der Waals surface area contributed by atoms with Gasteiger partial charge >= 0.3 is 0 Å². The molecule has 17 heavy (non-hydrogen) atoms. The first-order chi connectivity index (χ1) is 8.02. The van der Waals surface area contributed by atoms with E-state index in [1.807, 2.05) is 0 Å². The van der Waals surface area contributed by atoms with E-state index in [1.165, 1.54) is 6.20 Å². The Morgan fingerprint density at radius 2 is 2.53 bits per heavy atom. The fourth-order valence-electron chi connectivity index (χ4n) is 2.14. The quantitative estimate of drug-likeness (QED) is 0.724. The minimum Gasteiger partial charge on any atom is -0.387 e. The van der Waals surface area contributed by atoms with Crippen LogP contribution in [0.4, 0.5) is 0 Å². The second-order valence-electron chi connectivity index (χ2n) is 4.70. The number of rotatable bonds is 3. The van der Waals surface area contributed by atoms with Gasteiger partial charge in [0.25, 0.3) is 5.91 Å². The molecule has 0 saturated carbocycles. The molecule has 0 spiro atoms. The molecule has 0 aromatic carbocycles. The highest BCUT2D eigenvalue weighted by Crippen LogP contribution is 2.16. The molecule has 1 aliphatic heterocycles. The molecule has 1 aromatic heterocycles. The van der Waals surface area contributed by atoms with Crippen molar-refractivity contribution in [3.63, 3.8) is 0 Å². The molecule has 1 fully saturated rings. The molecule has 2 rings (SSSR count). The average molecular weight is 238 g/mol. The maximum Gasteiger partial charge on any atom is 0.271 e. The van der Waals surface area contributed by atoms with Gasteiger partial charge in [-0.15, -0.1) is 0 Å². The molecule has 1 unspecified atom stereocenters. The van der Waals surface area contributed by atoms with Gasteiger partial charge in [-0.1, -0.05) is 0 Å². The number of amides is 1. The van der Waals surface area contributed by atoms with Crippen molar-refractivity contribution in [1.82, 2.24) is 19.8 Å². The van der Waals surface area contributed by atoms with Crippen LogP contribution in [0.15, 0.2) is 12.5 Å². The van der Waals surface area contributed by atoms with Crippen LogP contribution in [0.5, 0.6) is 0 Å². The first kappa shape index (κ1) is 12.1. The number of nitrogens with zero attached hydrogens (tertiary/aromatic N) is 3. The Morgan fingerprint density at radius 3 is 3.06 bits per heavy atom. The van der Waals surface area contributed by atoms with Crippen molar-refractivity contribution < 1.29 is 9.90 Å². The molecule has 94 valence electrons. The molecule has 1 aromatic rings. The summed E-state index contributed by atoms with van der Waals surface area (Å²) >= 11 is 0. The number of carbonyl (C=O) groups is 1. The molecular formula is C11H18N4O2. The summed E-state index contributed by atoms with van der Waals surface area (Å²) in [5.74, 6) is -0.120. The highest BCUT2D eigenvalue weighted by atomic mass is 16.3. The summed E-state index contributed by atoms with van der Waals surface area (Å²) in [4.78, 5) is 17.6. The van der Waals surface area contributed by atoms with Gasteiger partial charge in [0, 0.05) is 20.6 Å². The number of carbonyl (C=O) groups excluding carboxylic acids is 1. The molecule has 1 amide bonds. The lowest BCUT2D eigenvalue weighted by molar-refractivity contribution is 0.0248. The number of β-amino-alcohol motifs (C(OH)–C–C–N with tert-alkyl or cyclic N) is 1. The molecule has 6 heteroatoms. The van der Waals surface area contributed by atoms with E-state index in [0.717, 1.165) is 6.54 Å². The number of hydrogen-bond donors (Lipinski definition) is 2. The normalized spacial score (nSPS) is 23.9. The Bertz CT molecular complexity index is 409. The lowest BCUT2D eigenvalue weighted by Gasteiger charge is -2.27. The van der Waals surface area contributed by atoms with E-state index >= 15 is 0 Å². The first-order valence-corrected chi connectivity index (χ1v) is 5.67. The standard InChI is InChI=1S/C11H18N4O2/c1-14(7-11(17)3-4-12-6-11)10(16)9-5-13-8-15(9)2/h5,8,12,17H,3-4,6-7H2,1-2H3. The van der Waals surface area contributed by atoms with Gasteiger partial charge in [-0.05, 0) is 13.0 Å². The minimum atomic E-state index is -0.803. The van der Waals surface area contributed by atoms with E-state index in [2.05, 4.69) is 10.3 Å². The van der Waals surface area contributed by atoms with E-state index in [4.69, 9.17) is 0 Å². The summed E-state index contributed by atoms with van der Waals surface area (Å²) in [6, 6.07) is 0. The predicted octanol–water partition coefficient (Wildman–Crippen LogP) is -0.783. The molecule has 0 bridgehead atoms. The second kappa shape index (κ2) is 4.46. The molecule has 1 aliphatic rings. The van der Waals surface area contributed by atoms with E-state index in [1.54, 1.807) is 29.9 Å². The van der Waals surface area contributed by atoms with Gasteiger partial charge in [-0.3, -0.25) is 4.79 Å². The van der Waals surface area contributed by atoms with Crippen molar-refractivity contribution in [2.24, 2.45) is 7.05 Å². The Balaban J connectivity index is 2.03. The van der Waals surface area contributed by atoms with E-state index in [-0.39, 0.29) is 5.91 Å². The van der Waals surface area contributed by atoms with Crippen molar-refractivity contribution in [1.29, 1.82) is 0 Å². The SMILES string of the molecule is CN(CC1(O)CCNC1)C(=O)c1cncn1C. The van der Waals surface area contributed by atoms with Gasteiger partial charge in [-0.25, -0.2) is 4.98 Å². The lowest BCUT2D eigenvalue weighted by atomic mass is 10.0. The van der Waals surface area contributed by atoms with Gasteiger partial charge in [-0.2, -0.15) is 0 Å². The monoisotopic (exact) mass is 238 g/mol. The number of nitrogens with one attached hydrogen (secondary N) is 1. The van der Waals surface area contributed by atoms with E-state index in [0.29, 0.717) is 25.2 Å². The Kier molecular flexibility index (Phi) is 3.17. The largest absolute Gasteiger partial charge is 0.387 e. The Hall–Kier alpha value is -1.40. The van der Waals surface area contributed by atoms with Gasteiger partial charge in [0.05, 0.1) is 24.7 Å². The van der Waals surface area contributed by atoms with Crippen molar-refractivity contribution >= 4 is 5.91 Å². The maximum absolute atomic E-state index is 12.1. The number of hydrogen-bond acceptors (Lipinski definition) is 4. The molecule has 6 nitrogen and oxygen atoms in total. The molecular weight excluding hydrogens is 220 g/mol. The van der Waals surface area contributed by atoms with Crippen LogP contribution in [-0.2, 0) is 7.05 Å². The van der Waals surface area contributed by atoms with Crippen LogP contribution in [0.2, 0.25) is 0 Å². The smallest absolute Gasteiger partial charge is 0.271 e. The molecule has 0 radical (unpaired) electrons. The highest BCUT2D eigenvalue weighted by Gasteiger charge is 2.33. The van der Waals surface area contributed by atoms with Gasteiger partial charge in [0.15, 0.2) is 0 Å². The van der Waals surface area contributed by atoms with Crippen LogP contribution in [0.3, 0.4) is 0 Å². The van der Waals surface area contributed by atoms with Gasteiger partial charge in [0.1, 0.15) is 5.69 Å². The third kappa shape index (κ3) is 2.48. The van der Waals surface area contributed by atoms with Crippen molar-refractivity contribution in [3.8, 4) is 0 Å². The first-order valence-electron chi connectivity index (χ1n) is 5.67. The van der Waals surface area contributed by atoms with Crippen LogP contribution in [-0.4, -0.2) is 57.7 Å². The number of aryl methyl sites for hydroxylation is 1. The van der Waals surface area contributed by atoms with Crippen molar-refractivity contribution in [2.75, 3.05) is 26.7 Å². The average Bonchev–Trinajstić information content (AvgIpc) is 2.86. The van der Waals surface area contributed by atoms with Crippen LogP contribution in [0.25, 0.3) is 0 Å². The van der Waals surface area contributed by atoms with Crippen molar-refractivity contribution in [2.45, 2.75) is 12.0 Å². The number of aromatic nitrogens is 2. The van der Waals surface area contributed by atoms with Crippen LogP contribution >= 0.6 is 0 Å². The van der Waals surface area contributed by atoms with E-state index < -0.39 is 5.60 Å². The number of imidazole rings is 1. The van der Waals surface area contributed by atoms with Crippen LogP contribution in [0.1, 0.15) is 16.9 Å². The Labute approximate surface area is 100 Å². The third-order valence-electron chi connectivity index (χ3n) is 3.14. The highest BCUT2D eigenvalue weighted by molar-refractivity contribution is 5.92. The summed E-state index contributed by atoms with van der Waals surface area (Å²) < 4.78 is 1.68. The fraction of sp³-hybridized carbons (Fsp3) is 0.636. The lowest BCUT2D eigenvalue weighted by Crippen LogP contribution is -2.45. The van der Waals surface area contributed by atoms with Crippen molar-refractivity contribution in [3.05, 3.63) is 18.2 Å². The summed E-state index contributed by atoms with van der Waals surface area (Å²) in [5, 5.41) is 13.3. The van der Waals surface area contributed by atoms with Crippen LogP contribution < -0.4 is 5.32 Å². The molecule has 1 saturated heterocycles. The molecule has 1 atom stereocenters. The fourth-order valence-corrected chi connectivity index (χ4v) is 2.14. The zero-order valence-corrected chi connectivity index (χ0v) is 10.2. The summed E-state index contributed by atoms with van der Waals surface area (Å²) in [5.41, 5.74) is -0.273. The third-order valence-corrected chi connectivity index (χ3v) is 3.14. The zero-order valence-electron chi connectivity index (χ0n) is 10.2. The molecule has 2 N–H and O–H groups in total. The topological polar surface area (TPSA) is 70.4 Å². The minimum absolute atomic E-state index is 0.120. The van der Waals surface area contributed by atoms with Gasteiger partial charge < -0.3 is 19.9 Å². The van der Waals surface area contributed by atoms with Crippen LogP contribution in [0, 0.1) is 0 Å². The Morgan fingerprint density at radius 1 is 1.76 bits per heavy atom. The number of likely N-dealkylation sites (N-methyl/N-ethyl adjacent to an activating group) is 1. The summed E-state index contributed by atoms with van der Waals surface area (Å²) in [7, 11) is 3.48. The predicted molar refractivity (Wildman–Crippen MR) is 62.6 cm³/mol. The summed E-state index contributed by atoms with van der Waals surface area (Å²) in [6.45, 7) is 1.67.